The van der Waals surface area contributed by atoms with Crippen LogP contribution in [0.25, 0.3) is 0 Å². The van der Waals surface area contributed by atoms with Crippen LogP contribution in [0, 0.1) is 0 Å². The fraction of sp³-hybridized carbons (Fsp3) is 0.800. The first kappa shape index (κ1) is 12.0. The molecular weight excluding hydrogens is 203 g/mol. The molecule has 1 unspecified atom stereocenters. The molecule has 0 heterocycles. The molecule has 0 aromatic carbocycles. The van der Waals surface area contributed by atoms with Gasteiger partial charge in [-0.1, -0.05) is 0 Å². The van der Waals surface area contributed by atoms with Gasteiger partial charge < -0.3 is 9.26 Å². The fourth-order valence-electron chi connectivity index (χ4n) is 0.371. The molecule has 1 atom stereocenters. The minimum atomic E-state index is -3.13. The van der Waals surface area contributed by atoms with Crippen molar-refractivity contribution in [3.05, 3.63) is 0 Å². The largest absolute Gasteiger partial charge is 0.467 e. The lowest BCUT2D eigenvalue weighted by atomic mass is 10.8. The standard InChI is InChI=1S/C5H11O5PS/c1-8-5(6)4-10-11(7,9-2)12-3/h4H2,1-3H3. The summed E-state index contributed by atoms with van der Waals surface area (Å²) in [5.41, 5.74) is 0. The molecule has 0 aromatic heterocycles. The normalized spacial score (nSPS) is 15.2. The highest BCUT2D eigenvalue weighted by Gasteiger charge is 2.22. The Morgan fingerprint density at radius 2 is 2.08 bits per heavy atom. The Bertz CT molecular complexity index is 186. The summed E-state index contributed by atoms with van der Waals surface area (Å²) in [7, 11) is 2.48. The zero-order valence-electron chi connectivity index (χ0n) is 7.10. The Morgan fingerprint density at radius 1 is 1.50 bits per heavy atom. The molecule has 0 N–H and O–H groups in total. The van der Waals surface area contributed by atoms with Crippen molar-refractivity contribution in [3.8, 4) is 0 Å². The lowest BCUT2D eigenvalue weighted by Crippen LogP contribution is -2.08. The highest BCUT2D eigenvalue weighted by molar-refractivity contribution is 8.54. The van der Waals surface area contributed by atoms with Gasteiger partial charge in [0.1, 0.15) is 0 Å². The molecule has 0 aromatic rings. The Balaban J connectivity index is 3.89. The van der Waals surface area contributed by atoms with Crippen LogP contribution in [-0.4, -0.2) is 33.1 Å². The lowest BCUT2D eigenvalue weighted by molar-refractivity contribution is -0.143. The molecule has 0 aliphatic rings. The van der Waals surface area contributed by atoms with Gasteiger partial charge in [-0.3, -0.25) is 4.52 Å². The van der Waals surface area contributed by atoms with Crippen molar-refractivity contribution in [2.24, 2.45) is 0 Å². The zero-order valence-corrected chi connectivity index (χ0v) is 8.81. The van der Waals surface area contributed by atoms with E-state index in [-0.39, 0.29) is 6.61 Å². The first-order valence-electron chi connectivity index (χ1n) is 3.01. The highest BCUT2D eigenvalue weighted by atomic mass is 32.7. The third-order valence-electron chi connectivity index (χ3n) is 1.02. The number of carbonyl (C=O) groups is 1. The monoisotopic (exact) mass is 214 g/mol. The van der Waals surface area contributed by atoms with Crippen molar-refractivity contribution in [2.45, 2.75) is 0 Å². The van der Waals surface area contributed by atoms with Crippen LogP contribution in [0.2, 0.25) is 0 Å². The van der Waals surface area contributed by atoms with Crippen LogP contribution in [0.15, 0.2) is 0 Å². The Kier molecular flexibility index (Phi) is 5.57. The van der Waals surface area contributed by atoms with Crippen LogP contribution in [0.1, 0.15) is 0 Å². The van der Waals surface area contributed by atoms with Crippen LogP contribution >= 0.6 is 18.2 Å². The summed E-state index contributed by atoms with van der Waals surface area (Å²) in [6.07, 6.45) is 1.57. The second kappa shape index (κ2) is 5.59. The van der Waals surface area contributed by atoms with Crippen molar-refractivity contribution in [3.63, 3.8) is 0 Å². The van der Waals surface area contributed by atoms with Gasteiger partial charge in [0.2, 0.25) is 0 Å². The van der Waals surface area contributed by atoms with Gasteiger partial charge in [-0.2, -0.15) is 0 Å². The van der Waals surface area contributed by atoms with E-state index in [4.69, 9.17) is 4.52 Å². The van der Waals surface area contributed by atoms with Crippen LogP contribution < -0.4 is 0 Å². The maximum absolute atomic E-state index is 11.3. The molecular formula is C5H11O5PS. The van der Waals surface area contributed by atoms with E-state index in [9.17, 15) is 9.36 Å². The van der Waals surface area contributed by atoms with E-state index in [1.165, 1.54) is 14.2 Å². The van der Waals surface area contributed by atoms with Crippen molar-refractivity contribution in [1.29, 1.82) is 0 Å². The molecule has 0 amide bonds. The van der Waals surface area contributed by atoms with Crippen molar-refractivity contribution < 1.29 is 23.1 Å². The number of esters is 1. The second-order valence-corrected chi connectivity index (χ2v) is 5.98. The molecule has 0 saturated carbocycles. The summed E-state index contributed by atoms with van der Waals surface area (Å²) in [5.74, 6) is -0.582. The smallest absolute Gasteiger partial charge is 0.389 e. The predicted molar refractivity (Wildman–Crippen MR) is 46.1 cm³/mol. The van der Waals surface area contributed by atoms with E-state index >= 15 is 0 Å². The summed E-state index contributed by atoms with van der Waals surface area (Å²) in [5, 5.41) is 0. The quantitative estimate of drug-likeness (QED) is 0.507. The molecule has 0 rings (SSSR count). The van der Waals surface area contributed by atoms with Gasteiger partial charge in [-0.25, -0.2) is 9.36 Å². The summed E-state index contributed by atoms with van der Waals surface area (Å²) in [4.78, 5) is 10.6. The van der Waals surface area contributed by atoms with E-state index in [0.717, 1.165) is 11.4 Å². The van der Waals surface area contributed by atoms with E-state index in [0.29, 0.717) is 0 Å². The SMILES string of the molecule is COC(=O)COP(=O)(OC)SC. The second-order valence-electron chi connectivity index (χ2n) is 1.66. The van der Waals surface area contributed by atoms with Crippen LogP contribution in [0.4, 0.5) is 0 Å². The zero-order chi connectivity index (χ0) is 9.61. The van der Waals surface area contributed by atoms with Crippen molar-refractivity contribution in [1.82, 2.24) is 0 Å². The molecule has 0 fully saturated rings. The minimum absolute atomic E-state index is 0.359. The Morgan fingerprint density at radius 3 is 2.42 bits per heavy atom. The molecule has 0 aliphatic heterocycles. The van der Waals surface area contributed by atoms with E-state index < -0.39 is 12.8 Å². The third-order valence-corrected chi connectivity index (χ3v) is 4.46. The molecule has 5 nitrogen and oxygen atoms in total. The maximum atomic E-state index is 11.3. The summed E-state index contributed by atoms with van der Waals surface area (Å²) < 4.78 is 24.8. The first-order chi connectivity index (χ1) is 5.58. The molecule has 0 spiro atoms. The third kappa shape index (κ3) is 4.11. The minimum Gasteiger partial charge on any atom is -0.467 e. The van der Waals surface area contributed by atoms with Gasteiger partial charge in [0.05, 0.1) is 7.11 Å². The summed E-state index contributed by atoms with van der Waals surface area (Å²) >= 11 is 0.928. The van der Waals surface area contributed by atoms with Crippen molar-refractivity contribution in [2.75, 3.05) is 27.1 Å². The molecule has 0 saturated heterocycles. The average Bonchev–Trinajstić information content (AvgIpc) is 2.13. The van der Waals surface area contributed by atoms with Gasteiger partial charge in [0.25, 0.3) is 0 Å². The van der Waals surface area contributed by atoms with E-state index in [1.54, 1.807) is 6.26 Å². The lowest BCUT2D eigenvalue weighted by Gasteiger charge is -2.11. The predicted octanol–water partition coefficient (Wildman–Crippen LogP) is 1.29. The van der Waals surface area contributed by atoms with E-state index in [1.807, 2.05) is 0 Å². The molecule has 0 radical (unpaired) electrons. The van der Waals surface area contributed by atoms with Crippen molar-refractivity contribution >= 4 is 24.1 Å². The highest BCUT2D eigenvalue weighted by Crippen LogP contribution is 2.58. The van der Waals surface area contributed by atoms with Crippen LogP contribution in [0.5, 0.6) is 0 Å². The van der Waals surface area contributed by atoms with E-state index in [2.05, 4.69) is 9.26 Å². The number of hydrogen-bond donors (Lipinski definition) is 0. The van der Waals surface area contributed by atoms with Gasteiger partial charge >= 0.3 is 12.8 Å². The molecule has 7 heteroatoms. The topological polar surface area (TPSA) is 61.8 Å². The number of rotatable bonds is 5. The van der Waals surface area contributed by atoms with Gasteiger partial charge in [0.15, 0.2) is 6.61 Å². The number of ether oxygens (including phenoxy) is 1. The number of carbonyl (C=O) groups excluding carboxylic acids is 1. The molecule has 72 valence electrons. The van der Waals surface area contributed by atoms with Gasteiger partial charge in [-0.15, -0.1) is 0 Å². The molecule has 0 aliphatic carbocycles. The summed E-state index contributed by atoms with van der Waals surface area (Å²) in [6, 6.07) is 0. The first-order valence-corrected chi connectivity index (χ1v) is 6.38. The van der Waals surface area contributed by atoms with Crippen LogP contribution in [0.3, 0.4) is 0 Å². The maximum Gasteiger partial charge on any atom is 0.389 e. The van der Waals surface area contributed by atoms with Gasteiger partial charge in [-0.05, 0) is 17.6 Å². The Labute approximate surface area is 75.0 Å². The Hall–Kier alpha value is -0.0300. The molecule has 12 heavy (non-hydrogen) atoms. The fourth-order valence-corrected chi connectivity index (χ4v) is 1.92. The summed E-state index contributed by atoms with van der Waals surface area (Å²) in [6.45, 7) is -3.49. The molecule has 0 bridgehead atoms. The number of methoxy groups -OCH3 is 1. The van der Waals surface area contributed by atoms with Gasteiger partial charge in [0, 0.05) is 7.11 Å². The average molecular weight is 214 g/mol. The number of hydrogen-bond acceptors (Lipinski definition) is 6. The van der Waals surface area contributed by atoms with Crippen LogP contribution in [-0.2, 0) is 23.1 Å².